The van der Waals surface area contributed by atoms with E-state index in [0.717, 1.165) is 26.2 Å². The highest BCUT2D eigenvalue weighted by atomic mass is 16.5. The van der Waals surface area contributed by atoms with Crippen LogP contribution in [0.1, 0.15) is 44.7 Å². The first-order chi connectivity index (χ1) is 8.90. The maximum absolute atomic E-state index is 5.87. The van der Waals surface area contributed by atoms with Gasteiger partial charge in [-0.25, -0.2) is 4.98 Å². The van der Waals surface area contributed by atoms with Crippen LogP contribution in [0.4, 0.5) is 0 Å². The van der Waals surface area contributed by atoms with Crippen molar-refractivity contribution in [2.45, 2.75) is 58.2 Å². The second-order valence-corrected chi connectivity index (χ2v) is 4.98. The summed E-state index contributed by atoms with van der Waals surface area (Å²) in [6.07, 6.45) is 10.9. The largest absolute Gasteiger partial charge is 0.377 e. The van der Waals surface area contributed by atoms with E-state index < -0.39 is 0 Å². The zero-order valence-electron chi connectivity index (χ0n) is 11.4. The molecule has 1 aromatic heterocycles. The van der Waals surface area contributed by atoms with Crippen LogP contribution in [0.5, 0.6) is 0 Å². The normalized spacial score (nSPS) is 17.2. The van der Waals surface area contributed by atoms with Gasteiger partial charge in [0.25, 0.3) is 0 Å². The molecule has 0 saturated heterocycles. The molecule has 2 rings (SSSR count). The lowest BCUT2D eigenvalue weighted by Gasteiger charge is -2.22. The quantitative estimate of drug-likeness (QED) is 0.756. The Bertz CT molecular complexity index is 332. The first-order valence-electron chi connectivity index (χ1n) is 7.21. The topological polar surface area (TPSA) is 39.1 Å². The summed E-state index contributed by atoms with van der Waals surface area (Å²) in [5.41, 5.74) is 1.25. The Morgan fingerprint density at radius 1 is 1.39 bits per heavy atom. The maximum Gasteiger partial charge on any atom is 0.0948 e. The van der Waals surface area contributed by atoms with Crippen molar-refractivity contribution in [3.63, 3.8) is 0 Å². The fourth-order valence-corrected chi connectivity index (χ4v) is 2.53. The summed E-state index contributed by atoms with van der Waals surface area (Å²) in [7, 11) is 0. The number of imidazole rings is 1. The molecule has 1 aromatic rings. The number of aryl methyl sites for hydroxylation is 1. The Labute approximate surface area is 110 Å². The second kappa shape index (κ2) is 7.54. The van der Waals surface area contributed by atoms with Crippen LogP contribution < -0.4 is 5.32 Å². The highest BCUT2D eigenvalue weighted by molar-refractivity contribution is 4.97. The van der Waals surface area contributed by atoms with Gasteiger partial charge in [0.2, 0.25) is 0 Å². The van der Waals surface area contributed by atoms with Crippen molar-refractivity contribution in [2.75, 3.05) is 13.2 Å². The number of nitrogens with one attached hydrogen (secondary N) is 1. The van der Waals surface area contributed by atoms with E-state index in [-0.39, 0.29) is 0 Å². The van der Waals surface area contributed by atoms with Crippen molar-refractivity contribution in [3.05, 3.63) is 18.2 Å². The molecular weight excluding hydrogens is 226 g/mol. The molecule has 102 valence electrons. The minimum absolute atomic E-state index is 0.515. The molecule has 0 amide bonds. The monoisotopic (exact) mass is 251 g/mol. The molecule has 4 nitrogen and oxygen atoms in total. The van der Waals surface area contributed by atoms with Crippen molar-refractivity contribution in [2.24, 2.45) is 0 Å². The van der Waals surface area contributed by atoms with Crippen LogP contribution in [0.2, 0.25) is 0 Å². The highest BCUT2D eigenvalue weighted by Gasteiger charge is 2.12. The summed E-state index contributed by atoms with van der Waals surface area (Å²) in [6, 6.07) is 0. The van der Waals surface area contributed by atoms with Gasteiger partial charge in [0, 0.05) is 25.8 Å². The summed E-state index contributed by atoms with van der Waals surface area (Å²) < 4.78 is 8.04. The molecular formula is C14H25N3O. The molecule has 0 aromatic carbocycles. The predicted octanol–water partition coefficient (Wildman–Crippen LogP) is 2.34. The Morgan fingerprint density at radius 3 is 3.00 bits per heavy atom. The van der Waals surface area contributed by atoms with E-state index in [1.165, 1.54) is 37.8 Å². The molecule has 1 saturated carbocycles. The first kappa shape index (κ1) is 13.6. The lowest BCUT2D eigenvalue weighted by atomic mass is 9.98. The highest BCUT2D eigenvalue weighted by Crippen LogP contribution is 2.19. The van der Waals surface area contributed by atoms with Crippen LogP contribution >= 0.6 is 0 Å². The lowest BCUT2D eigenvalue weighted by molar-refractivity contribution is 0.0302. The van der Waals surface area contributed by atoms with E-state index >= 15 is 0 Å². The van der Waals surface area contributed by atoms with Crippen LogP contribution in [-0.4, -0.2) is 28.8 Å². The van der Waals surface area contributed by atoms with E-state index in [2.05, 4.69) is 21.8 Å². The zero-order valence-corrected chi connectivity index (χ0v) is 11.4. The Hall–Kier alpha value is -0.870. The predicted molar refractivity (Wildman–Crippen MR) is 72.4 cm³/mol. The molecule has 1 fully saturated rings. The molecule has 1 aliphatic carbocycles. The van der Waals surface area contributed by atoms with Crippen molar-refractivity contribution < 1.29 is 4.74 Å². The van der Waals surface area contributed by atoms with Gasteiger partial charge in [0.15, 0.2) is 0 Å². The van der Waals surface area contributed by atoms with Gasteiger partial charge >= 0.3 is 0 Å². The molecule has 0 radical (unpaired) electrons. The Morgan fingerprint density at radius 2 is 2.22 bits per heavy atom. The third-order valence-electron chi connectivity index (χ3n) is 3.63. The van der Waals surface area contributed by atoms with Crippen LogP contribution in [0.25, 0.3) is 0 Å². The van der Waals surface area contributed by atoms with Gasteiger partial charge in [-0.05, 0) is 19.8 Å². The number of ether oxygens (including phenoxy) is 1. The molecule has 1 heterocycles. The summed E-state index contributed by atoms with van der Waals surface area (Å²) in [4.78, 5) is 4.16. The number of hydrogen-bond acceptors (Lipinski definition) is 3. The zero-order chi connectivity index (χ0) is 12.6. The van der Waals surface area contributed by atoms with E-state index in [9.17, 15) is 0 Å². The number of rotatable bonds is 7. The number of aromatic nitrogens is 2. The third kappa shape index (κ3) is 4.10. The smallest absolute Gasteiger partial charge is 0.0948 e. The minimum atomic E-state index is 0.515. The third-order valence-corrected chi connectivity index (χ3v) is 3.63. The number of nitrogens with zero attached hydrogens (tertiary/aromatic N) is 2. The van der Waals surface area contributed by atoms with E-state index in [1.807, 2.05) is 12.5 Å². The maximum atomic E-state index is 5.87. The van der Waals surface area contributed by atoms with Crippen molar-refractivity contribution in [1.82, 2.24) is 14.9 Å². The van der Waals surface area contributed by atoms with Crippen LogP contribution in [-0.2, 0) is 17.8 Å². The van der Waals surface area contributed by atoms with Gasteiger partial charge in [-0.2, -0.15) is 0 Å². The van der Waals surface area contributed by atoms with E-state index in [4.69, 9.17) is 4.74 Å². The summed E-state index contributed by atoms with van der Waals surface area (Å²) in [6.45, 7) is 5.74. The van der Waals surface area contributed by atoms with Crippen molar-refractivity contribution in [3.8, 4) is 0 Å². The summed E-state index contributed by atoms with van der Waals surface area (Å²) in [5.74, 6) is 0. The Balaban J connectivity index is 1.55. The van der Waals surface area contributed by atoms with E-state index in [0.29, 0.717) is 6.10 Å². The van der Waals surface area contributed by atoms with Crippen molar-refractivity contribution >= 4 is 0 Å². The van der Waals surface area contributed by atoms with Gasteiger partial charge in [-0.3, -0.25) is 0 Å². The van der Waals surface area contributed by atoms with Gasteiger partial charge in [0.1, 0.15) is 0 Å². The fourth-order valence-electron chi connectivity index (χ4n) is 2.53. The average Bonchev–Trinajstić information content (AvgIpc) is 2.87. The summed E-state index contributed by atoms with van der Waals surface area (Å²) >= 11 is 0. The van der Waals surface area contributed by atoms with Crippen LogP contribution in [0.3, 0.4) is 0 Å². The number of hydrogen-bond donors (Lipinski definition) is 1. The molecule has 4 heteroatoms. The van der Waals surface area contributed by atoms with Crippen LogP contribution in [0, 0.1) is 0 Å². The molecule has 18 heavy (non-hydrogen) atoms. The van der Waals surface area contributed by atoms with Gasteiger partial charge in [0.05, 0.1) is 24.7 Å². The molecule has 1 N–H and O–H groups in total. The van der Waals surface area contributed by atoms with Crippen LogP contribution in [0.15, 0.2) is 12.5 Å². The molecule has 1 aliphatic rings. The van der Waals surface area contributed by atoms with Gasteiger partial charge in [-0.15, -0.1) is 0 Å². The molecule has 0 aliphatic heterocycles. The van der Waals surface area contributed by atoms with Crippen molar-refractivity contribution in [1.29, 1.82) is 0 Å². The first-order valence-corrected chi connectivity index (χ1v) is 7.21. The Kier molecular flexibility index (Phi) is 5.68. The minimum Gasteiger partial charge on any atom is -0.377 e. The summed E-state index contributed by atoms with van der Waals surface area (Å²) in [5, 5.41) is 3.42. The average molecular weight is 251 g/mol. The van der Waals surface area contributed by atoms with Gasteiger partial charge in [-0.1, -0.05) is 19.3 Å². The SMILES string of the molecule is CCn1cncc1CNCCOC1CCCCC1. The molecule has 0 atom stereocenters. The lowest BCUT2D eigenvalue weighted by Crippen LogP contribution is -2.25. The molecule has 0 bridgehead atoms. The standard InChI is InChI=1S/C14H25N3O/c1-2-17-12-16-11-13(17)10-15-8-9-18-14-6-4-3-5-7-14/h11-12,14-15H,2-10H2,1H3. The molecule has 0 spiro atoms. The molecule has 0 unspecified atom stereocenters. The van der Waals surface area contributed by atoms with Gasteiger partial charge < -0.3 is 14.6 Å². The second-order valence-electron chi connectivity index (χ2n) is 4.98. The van der Waals surface area contributed by atoms with E-state index in [1.54, 1.807) is 0 Å². The fraction of sp³-hybridized carbons (Fsp3) is 0.786.